The molecular formula is C16H16BrNO3. The van der Waals surface area contributed by atoms with Crippen LogP contribution in [0.2, 0.25) is 0 Å². The van der Waals surface area contributed by atoms with Gasteiger partial charge in [-0.1, -0.05) is 30.3 Å². The van der Waals surface area contributed by atoms with Crippen molar-refractivity contribution < 1.29 is 15.0 Å². The van der Waals surface area contributed by atoms with Crippen LogP contribution in [-0.4, -0.2) is 16.2 Å². The molecule has 0 spiro atoms. The molecule has 1 unspecified atom stereocenters. The second kappa shape index (κ2) is 6.74. The van der Waals surface area contributed by atoms with Gasteiger partial charge in [0.05, 0.1) is 6.10 Å². The summed E-state index contributed by atoms with van der Waals surface area (Å²) >= 11 is 3.39. The van der Waals surface area contributed by atoms with Crippen molar-refractivity contribution in [1.29, 1.82) is 0 Å². The monoisotopic (exact) mass is 349 g/mol. The molecule has 0 saturated carbocycles. The van der Waals surface area contributed by atoms with Gasteiger partial charge in [-0.3, -0.25) is 4.79 Å². The molecule has 2 aromatic rings. The molecule has 1 atom stereocenters. The number of halogens is 1. The SMILES string of the molecule is Nc1ccc(-c2ccc(C(O)CCC(=O)O)cc2)cc1Br. The van der Waals surface area contributed by atoms with E-state index >= 15 is 0 Å². The van der Waals surface area contributed by atoms with Gasteiger partial charge in [-0.2, -0.15) is 0 Å². The summed E-state index contributed by atoms with van der Waals surface area (Å²) in [7, 11) is 0. The van der Waals surface area contributed by atoms with Crippen LogP contribution in [0.3, 0.4) is 0 Å². The number of aliphatic hydroxyl groups excluding tert-OH is 1. The smallest absolute Gasteiger partial charge is 0.303 e. The molecule has 110 valence electrons. The zero-order valence-electron chi connectivity index (χ0n) is 11.3. The molecular weight excluding hydrogens is 334 g/mol. The number of rotatable bonds is 5. The van der Waals surface area contributed by atoms with Gasteiger partial charge in [0.25, 0.3) is 0 Å². The van der Waals surface area contributed by atoms with Crippen LogP contribution in [0.4, 0.5) is 5.69 Å². The largest absolute Gasteiger partial charge is 0.481 e. The molecule has 2 rings (SSSR count). The van der Waals surface area contributed by atoms with Gasteiger partial charge in [0.15, 0.2) is 0 Å². The normalized spacial score (nSPS) is 12.1. The Hall–Kier alpha value is -1.85. The fourth-order valence-corrected chi connectivity index (χ4v) is 2.41. The van der Waals surface area contributed by atoms with Crippen LogP contribution in [-0.2, 0) is 4.79 Å². The molecule has 0 radical (unpaired) electrons. The lowest BCUT2D eigenvalue weighted by atomic mass is 10.00. The lowest BCUT2D eigenvalue weighted by Gasteiger charge is -2.11. The highest BCUT2D eigenvalue weighted by atomic mass is 79.9. The van der Waals surface area contributed by atoms with Crippen LogP contribution >= 0.6 is 15.9 Å². The number of carboxylic acid groups (broad SMARTS) is 1. The highest BCUT2D eigenvalue weighted by Crippen LogP contribution is 2.28. The minimum atomic E-state index is -0.905. The van der Waals surface area contributed by atoms with Crippen molar-refractivity contribution >= 4 is 27.6 Å². The predicted octanol–water partition coefficient (Wildman–Crippen LogP) is 3.60. The molecule has 0 amide bonds. The summed E-state index contributed by atoms with van der Waals surface area (Å²) in [5.74, 6) is -0.905. The molecule has 0 aliphatic rings. The Morgan fingerprint density at radius 3 is 2.33 bits per heavy atom. The second-order valence-electron chi connectivity index (χ2n) is 4.81. The van der Waals surface area contributed by atoms with Gasteiger partial charge >= 0.3 is 5.97 Å². The lowest BCUT2D eigenvalue weighted by Crippen LogP contribution is -2.02. The highest BCUT2D eigenvalue weighted by molar-refractivity contribution is 9.10. The van der Waals surface area contributed by atoms with Crippen molar-refractivity contribution in [1.82, 2.24) is 0 Å². The lowest BCUT2D eigenvalue weighted by molar-refractivity contribution is -0.137. The van der Waals surface area contributed by atoms with Gasteiger partial charge in [0.2, 0.25) is 0 Å². The first kappa shape index (κ1) is 15.5. The Labute approximate surface area is 131 Å². The molecule has 0 aromatic heterocycles. The average Bonchev–Trinajstić information content (AvgIpc) is 2.48. The van der Waals surface area contributed by atoms with Gasteiger partial charge in [0, 0.05) is 16.6 Å². The topological polar surface area (TPSA) is 83.5 Å². The maximum absolute atomic E-state index is 10.5. The van der Waals surface area contributed by atoms with Crippen LogP contribution in [0, 0.1) is 0 Å². The predicted molar refractivity (Wildman–Crippen MR) is 85.8 cm³/mol. The van der Waals surface area contributed by atoms with E-state index in [2.05, 4.69) is 15.9 Å². The third-order valence-corrected chi connectivity index (χ3v) is 3.95. The van der Waals surface area contributed by atoms with Crippen molar-refractivity contribution in [2.24, 2.45) is 0 Å². The van der Waals surface area contributed by atoms with E-state index in [4.69, 9.17) is 10.8 Å². The quantitative estimate of drug-likeness (QED) is 0.720. The van der Waals surface area contributed by atoms with Crippen LogP contribution in [0.15, 0.2) is 46.9 Å². The third-order valence-electron chi connectivity index (χ3n) is 3.26. The van der Waals surface area contributed by atoms with Gasteiger partial charge in [-0.25, -0.2) is 0 Å². The highest BCUT2D eigenvalue weighted by Gasteiger charge is 2.10. The fraction of sp³-hybridized carbons (Fsp3) is 0.188. The maximum atomic E-state index is 10.5. The second-order valence-corrected chi connectivity index (χ2v) is 5.66. The summed E-state index contributed by atoms with van der Waals surface area (Å²) in [6.07, 6.45) is -0.594. The Bertz CT molecular complexity index is 640. The Morgan fingerprint density at radius 2 is 1.76 bits per heavy atom. The third kappa shape index (κ3) is 4.06. The van der Waals surface area contributed by atoms with E-state index in [9.17, 15) is 9.90 Å². The minimum absolute atomic E-state index is 0.0478. The fourth-order valence-electron chi connectivity index (χ4n) is 2.03. The molecule has 0 fully saturated rings. The van der Waals surface area contributed by atoms with Crippen LogP contribution < -0.4 is 5.73 Å². The van der Waals surface area contributed by atoms with Gasteiger partial charge in [-0.15, -0.1) is 0 Å². The zero-order valence-corrected chi connectivity index (χ0v) is 12.9. The summed E-state index contributed by atoms with van der Waals surface area (Å²) in [5, 5.41) is 18.5. The van der Waals surface area contributed by atoms with Crippen molar-refractivity contribution in [3.8, 4) is 11.1 Å². The van der Waals surface area contributed by atoms with Crippen molar-refractivity contribution in [3.05, 3.63) is 52.5 Å². The molecule has 21 heavy (non-hydrogen) atoms. The van der Waals surface area contributed by atoms with E-state index in [0.29, 0.717) is 5.69 Å². The Kier molecular flexibility index (Phi) is 4.98. The van der Waals surface area contributed by atoms with Crippen LogP contribution in [0.5, 0.6) is 0 Å². The first-order valence-electron chi connectivity index (χ1n) is 6.52. The van der Waals surface area contributed by atoms with E-state index in [0.717, 1.165) is 21.2 Å². The molecule has 0 saturated heterocycles. The van der Waals surface area contributed by atoms with E-state index < -0.39 is 12.1 Å². The van der Waals surface area contributed by atoms with Gasteiger partial charge in [0.1, 0.15) is 0 Å². The molecule has 0 aliphatic heterocycles. The van der Waals surface area contributed by atoms with E-state index in [1.807, 2.05) is 42.5 Å². The van der Waals surface area contributed by atoms with Crippen LogP contribution in [0.1, 0.15) is 24.5 Å². The number of aliphatic carboxylic acids is 1. The van der Waals surface area contributed by atoms with Crippen molar-refractivity contribution in [2.45, 2.75) is 18.9 Å². The number of carbonyl (C=O) groups is 1. The van der Waals surface area contributed by atoms with Gasteiger partial charge in [-0.05, 0) is 51.2 Å². The van der Waals surface area contributed by atoms with E-state index in [-0.39, 0.29) is 12.8 Å². The standard InChI is InChI=1S/C16H16BrNO3/c17-13-9-12(5-6-14(13)18)10-1-3-11(4-2-10)15(19)7-8-16(20)21/h1-6,9,15,19H,7-8,18H2,(H,20,21). The number of aliphatic hydroxyl groups is 1. The molecule has 0 aliphatic carbocycles. The zero-order chi connectivity index (χ0) is 15.4. The molecule has 5 heteroatoms. The average molecular weight is 350 g/mol. The van der Waals surface area contributed by atoms with Crippen molar-refractivity contribution in [2.75, 3.05) is 5.73 Å². The van der Waals surface area contributed by atoms with E-state index in [1.165, 1.54) is 0 Å². The summed E-state index contributed by atoms with van der Waals surface area (Å²) in [6.45, 7) is 0. The minimum Gasteiger partial charge on any atom is -0.481 e. The molecule has 4 nitrogen and oxygen atoms in total. The summed E-state index contributed by atoms with van der Waals surface area (Å²) in [4.78, 5) is 10.5. The molecule has 0 bridgehead atoms. The number of nitrogen functional groups attached to an aromatic ring is 1. The Balaban J connectivity index is 2.14. The molecule has 4 N–H and O–H groups in total. The number of hydrogen-bond acceptors (Lipinski definition) is 3. The number of hydrogen-bond donors (Lipinski definition) is 3. The number of benzene rings is 2. The number of anilines is 1. The van der Waals surface area contributed by atoms with Crippen LogP contribution in [0.25, 0.3) is 11.1 Å². The summed E-state index contributed by atoms with van der Waals surface area (Å²) in [5.41, 5.74) is 9.18. The molecule has 2 aromatic carbocycles. The van der Waals surface area contributed by atoms with Gasteiger partial charge < -0.3 is 15.9 Å². The summed E-state index contributed by atoms with van der Waals surface area (Å²) in [6, 6.07) is 13.1. The Morgan fingerprint density at radius 1 is 1.14 bits per heavy atom. The van der Waals surface area contributed by atoms with E-state index in [1.54, 1.807) is 0 Å². The number of carboxylic acids is 1. The maximum Gasteiger partial charge on any atom is 0.303 e. The summed E-state index contributed by atoms with van der Waals surface area (Å²) < 4.78 is 0.838. The first-order valence-corrected chi connectivity index (χ1v) is 7.32. The number of nitrogens with two attached hydrogens (primary N) is 1. The first-order chi connectivity index (χ1) is 9.97. The van der Waals surface area contributed by atoms with Crippen molar-refractivity contribution in [3.63, 3.8) is 0 Å². The molecule has 0 heterocycles.